The molecule has 21 heavy (non-hydrogen) atoms. The summed E-state index contributed by atoms with van der Waals surface area (Å²) in [6.45, 7) is 10.8. The van der Waals surface area contributed by atoms with Gasteiger partial charge in [0.15, 0.2) is 0 Å². The van der Waals surface area contributed by atoms with Gasteiger partial charge < -0.3 is 10.6 Å². The van der Waals surface area contributed by atoms with Crippen LogP contribution in [0.5, 0.6) is 0 Å². The quantitative estimate of drug-likeness (QED) is 0.574. The lowest BCUT2D eigenvalue weighted by Gasteiger charge is -2.25. The van der Waals surface area contributed by atoms with Crippen LogP contribution in [0.4, 0.5) is 11.6 Å². The molecule has 0 saturated heterocycles. The molecule has 1 aromatic rings. The highest BCUT2D eigenvalue weighted by Crippen LogP contribution is 2.29. The molecule has 0 aromatic carbocycles. The zero-order valence-electron chi connectivity index (χ0n) is 13.8. The predicted octanol–water partition coefficient (Wildman–Crippen LogP) is 5.08. The second-order valence-corrected chi connectivity index (χ2v) is 7.08. The SMILES string of the molecule is CCCCCC(C)(C)CNc1ncnc(NCCC)c1Br. The van der Waals surface area contributed by atoms with Crippen LogP contribution in [0.2, 0.25) is 0 Å². The third-order valence-corrected chi connectivity index (χ3v) is 4.27. The van der Waals surface area contributed by atoms with Crippen molar-refractivity contribution in [3.8, 4) is 0 Å². The van der Waals surface area contributed by atoms with Gasteiger partial charge in [-0.3, -0.25) is 0 Å². The molecule has 0 spiro atoms. The van der Waals surface area contributed by atoms with E-state index < -0.39 is 0 Å². The number of anilines is 2. The van der Waals surface area contributed by atoms with Gasteiger partial charge in [-0.1, -0.05) is 47.0 Å². The zero-order chi connectivity index (χ0) is 15.7. The standard InChI is InChI=1S/C16H29BrN4/c1-5-7-8-9-16(3,4)11-19-15-13(17)14(18-10-6-2)20-12-21-15/h12H,5-11H2,1-4H3,(H2,18,19,20,21). The van der Waals surface area contributed by atoms with Gasteiger partial charge in [-0.2, -0.15) is 0 Å². The summed E-state index contributed by atoms with van der Waals surface area (Å²) >= 11 is 3.59. The molecule has 0 saturated carbocycles. The molecule has 0 aliphatic heterocycles. The maximum Gasteiger partial charge on any atom is 0.145 e. The fourth-order valence-corrected chi connectivity index (χ4v) is 2.61. The van der Waals surface area contributed by atoms with Crippen molar-refractivity contribution in [2.24, 2.45) is 5.41 Å². The number of nitrogens with zero attached hydrogens (tertiary/aromatic N) is 2. The third-order valence-electron chi connectivity index (χ3n) is 3.52. The second-order valence-electron chi connectivity index (χ2n) is 6.29. The molecule has 1 aromatic heterocycles. The molecule has 1 heterocycles. The van der Waals surface area contributed by atoms with Gasteiger partial charge in [0.1, 0.15) is 22.4 Å². The van der Waals surface area contributed by atoms with Crippen molar-refractivity contribution < 1.29 is 0 Å². The molecule has 4 nitrogen and oxygen atoms in total. The second kappa shape index (κ2) is 9.23. The average Bonchev–Trinajstić information content (AvgIpc) is 2.45. The van der Waals surface area contributed by atoms with Gasteiger partial charge in [-0.25, -0.2) is 9.97 Å². The minimum absolute atomic E-state index is 0.274. The minimum Gasteiger partial charge on any atom is -0.369 e. The van der Waals surface area contributed by atoms with Gasteiger partial charge in [0.2, 0.25) is 0 Å². The molecule has 1 rings (SSSR count). The monoisotopic (exact) mass is 356 g/mol. The zero-order valence-corrected chi connectivity index (χ0v) is 15.4. The Morgan fingerprint density at radius 3 is 2.33 bits per heavy atom. The Kier molecular flexibility index (Phi) is 8.01. The number of hydrogen-bond acceptors (Lipinski definition) is 4. The molecule has 0 unspecified atom stereocenters. The van der Waals surface area contributed by atoms with Gasteiger partial charge >= 0.3 is 0 Å². The maximum absolute atomic E-state index is 4.34. The molecule has 0 fully saturated rings. The van der Waals surface area contributed by atoms with Crippen molar-refractivity contribution in [2.75, 3.05) is 23.7 Å². The summed E-state index contributed by atoms with van der Waals surface area (Å²) in [5.74, 6) is 1.73. The van der Waals surface area contributed by atoms with E-state index in [-0.39, 0.29) is 5.41 Å². The number of rotatable bonds is 10. The lowest BCUT2D eigenvalue weighted by molar-refractivity contribution is 0.342. The Bertz CT molecular complexity index is 421. The molecule has 0 radical (unpaired) electrons. The van der Waals surface area contributed by atoms with Crippen LogP contribution in [0.3, 0.4) is 0 Å². The van der Waals surface area contributed by atoms with Gasteiger partial charge in [-0.05, 0) is 34.2 Å². The summed E-state index contributed by atoms with van der Waals surface area (Å²) in [6, 6.07) is 0. The number of halogens is 1. The Balaban J connectivity index is 2.58. The van der Waals surface area contributed by atoms with Crippen LogP contribution in [0.25, 0.3) is 0 Å². The van der Waals surface area contributed by atoms with E-state index in [0.29, 0.717) is 0 Å². The number of hydrogen-bond donors (Lipinski definition) is 2. The van der Waals surface area contributed by atoms with Crippen molar-refractivity contribution in [3.05, 3.63) is 10.8 Å². The van der Waals surface area contributed by atoms with E-state index in [4.69, 9.17) is 0 Å². The van der Waals surface area contributed by atoms with Crippen LogP contribution in [0.15, 0.2) is 10.8 Å². The maximum atomic E-state index is 4.34. The minimum atomic E-state index is 0.274. The first kappa shape index (κ1) is 18.2. The van der Waals surface area contributed by atoms with Crippen molar-refractivity contribution in [2.45, 2.75) is 59.8 Å². The van der Waals surface area contributed by atoms with Gasteiger partial charge in [-0.15, -0.1) is 0 Å². The first-order chi connectivity index (χ1) is 10.00. The largest absolute Gasteiger partial charge is 0.369 e. The molecule has 0 aliphatic carbocycles. The first-order valence-electron chi connectivity index (χ1n) is 7.98. The van der Waals surface area contributed by atoms with E-state index in [1.54, 1.807) is 6.33 Å². The van der Waals surface area contributed by atoms with Crippen molar-refractivity contribution in [3.63, 3.8) is 0 Å². The number of aromatic nitrogens is 2. The van der Waals surface area contributed by atoms with Crippen molar-refractivity contribution in [1.29, 1.82) is 0 Å². The summed E-state index contributed by atoms with van der Waals surface area (Å²) in [5, 5.41) is 6.76. The molecule has 0 amide bonds. The first-order valence-corrected chi connectivity index (χ1v) is 8.77. The summed E-state index contributed by atoms with van der Waals surface area (Å²) in [4.78, 5) is 8.61. The highest BCUT2D eigenvalue weighted by molar-refractivity contribution is 9.10. The lowest BCUT2D eigenvalue weighted by atomic mass is 9.87. The molecular weight excluding hydrogens is 328 g/mol. The van der Waals surface area contributed by atoms with E-state index in [0.717, 1.165) is 35.6 Å². The Hall–Kier alpha value is -0.840. The van der Waals surface area contributed by atoms with E-state index in [9.17, 15) is 0 Å². The molecular formula is C16H29BrN4. The van der Waals surface area contributed by atoms with Gasteiger partial charge in [0.05, 0.1) is 0 Å². The molecule has 0 atom stereocenters. The normalized spacial score (nSPS) is 11.5. The topological polar surface area (TPSA) is 49.8 Å². The fraction of sp³-hybridized carbons (Fsp3) is 0.750. The molecule has 120 valence electrons. The van der Waals surface area contributed by atoms with E-state index in [1.807, 2.05) is 0 Å². The smallest absolute Gasteiger partial charge is 0.145 e. The molecule has 0 aliphatic rings. The van der Waals surface area contributed by atoms with Gasteiger partial charge in [0, 0.05) is 13.1 Å². The van der Waals surface area contributed by atoms with Crippen LogP contribution in [-0.4, -0.2) is 23.1 Å². The average molecular weight is 357 g/mol. The van der Waals surface area contributed by atoms with E-state index in [1.165, 1.54) is 25.7 Å². The van der Waals surface area contributed by atoms with Crippen LogP contribution in [0.1, 0.15) is 59.8 Å². The fourth-order valence-electron chi connectivity index (χ4n) is 2.12. The third kappa shape index (κ3) is 6.64. The van der Waals surface area contributed by atoms with E-state index >= 15 is 0 Å². The Morgan fingerprint density at radius 2 is 1.71 bits per heavy atom. The highest BCUT2D eigenvalue weighted by atomic mass is 79.9. The van der Waals surface area contributed by atoms with Gasteiger partial charge in [0.25, 0.3) is 0 Å². The van der Waals surface area contributed by atoms with Crippen molar-refractivity contribution >= 4 is 27.6 Å². The van der Waals surface area contributed by atoms with Crippen LogP contribution < -0.4 is 10.6 Å². The van der Waals surface area contributed by atoms with Crippen LogP contribution in [-0.2, 0) is 0 Å². The van der Waals surface area contributed by atoms with Crippen LogP contribution in [0, 0.1) is 5.41 Å². The summed E-state index contributed by atoms with van der Waals surface area (Å²) in [6.07, 6.45) is 7.79. The molecule has 5 heteroatoms. The number of nitrogens with one attached hydrogen (secondary N) is 2. The van der Waals surface area contributed by atoms with Crippen LogP contribution >= 0.6 is 15.9 Å². The number of unbranched alkanes of at least 4 members (excludes halogenated alkanes) is 2. The summed E-state index contributed by atoms with van der Waals surface area (Å²) < 4.78 is 0.919. The lowest BCUT2D eigenvalue weighted by Crippen LogP contribution is -2.23. The summed E-state index contributed by atoms with van der Waals surface area (Å²) in [5.41, 5.74) is 0.274. The highest BCUT2D eigenvalue weighted by Gasteiger charge is 2.18. The van der Waals surface area contributed by atoms with E-state index in [2.05, 4.69) is 64.2 Å². The summed E-state index contributed by atoms with van der Waals surface area (Å²) in [7, 11) is 0. The molecule has 2 N–H and O–H groups in total. The Morgan fingerprint density at radius 1 is 1.05 bits per heavy atom. The van der Waals surface area contributed by atoms with Crippen molar-refractivity contribution in [1.82, 2.24) is 9.97 Å². The predicted molar refractivity (Wildman–Crippen MR) is 94.9 cm³/mol. The Labute approximate surface area is 137 Å². The molecule has 0 bridgehead atoms.